The maximum absolute atomic E-state index is 12.0. The molecule has 0 unspecified atom stereocenters. The van der Waals surface area contributed by atoms with E-state index in [1.165, 1.54) is 18.2 Å². The minimum absolute atomic E-state index is 0.0507. The van der Waals surface area contributed by atoms with E-state index in [1.54, 1.807) is 0 Å². The Morgan fingerprint density at radius 3 is 2.08 bits per heavy atom. The molecule has 0 radical (unpaired) electrons. The third-order valence-electron chi connectivity index (χ3n) is 2.85. The highest BCUT2D eigenvalue weighted by atomic mass is 35.5. The van der Waals surface area contributed by atoms with Crippen molar-refractivity contribution in [3.8, 4) is 5.75 Å². The van der Waals surface area contributed by atoms with Crippen LogP contribution >= 0.6 is 11.6 Å². The highest BCUT2D eigenvalue weighted by Crippen LogP contribution is 2.24. The van der Waals surface area contributed by atoms with Crippen molar-refractivity contribution in [1.82, 2.24) is 0 Å². The number of rotatable bonds is 6. The maximum Gasteiger partial charge on any atom is 0.407 e. The van der Waals surface area contributed by atoms with E-state index in [-0.39, 0.29) is 16.4 Å². The number of nitrogens with one attached hydrogen (secondary N) is 1. The normalized spacial score (nSPS) is 10.9. The van der Waals surface area contributed by atoms with Crippen molar-refractivity contribution in [2.24, 2.45) is 0 Å². The molecule has 132 valence electrons. The Labute approximate surface area is 146 Å². The molecule has 0 aliphatic heterocycles. The average Bonchev–Trinajstić information content (AvgIpc) is 2.49. The predicted molar refractivity (Wildman–Crippen MR) is 89.4 cm³/mol. The van der Waals surface area contributed by atoms with Gasteiger partial charge in [-0.1, -0.05) is 11.6 Å². The van der Waals surface area contributed by atoms with Crippen LogP contribution in [-0.2, 0) is 10.3 Å². The van der Waals surface area contributed by atoms with E-state index in [1.807, 2.05) is 4.72 Å². The SMILES string of the molecule is Nc1cc(NS(=O)(=O)Oc2cc(C(=O)O)cc(C(=O)O)c2)ccc1Cl. The van der Waals surface area contributed by atoms with E-state index < -0.39 is 39.1 Å². The minimum atomic E-state index is -4.44. The van der Waals surface area contributed by atoms with Crippen LogP contribution in [0.25, 0.3) is 0 Å². The summed E-state index contributed by atoms with van der Waals surface area (Å²) in [5.41, 5.74) is 4.85. The molecule has 2 rings (SSSR count). The van der Waals surface area contributed by atoms with Crippen LogP contribution in [0.1, 0.15) is 20.7 Å². The molecule has 0 aliphatic carbocycles. The van der Waals surface area contributed by atoms with Gasteiger partial charge in [-0.2, -0.15) is 8.42 Å². The van der Waals surface area contributed by atoms with Crippen molar-refractivity contribution >= 4 is 45.2 Å². The summed E-state index contributed by atoms with van der Waals surface area (Å²) in [6.45, 7) is 0. The van der Waals surface area contributed by atoms with Crippen LogP contribution in [0.3, 0.4) is 0 Å². The third kappa shape index (κ3) is 4.75. The topological polar surface area (TPSA) is 156 Å². The van der Waals surface area contributed by atoms with E-state index in [2.05, 4.69) is 0 Å². The van der Waals surface area contributed by atoms with Gasteiger partial charge in [-0.25, -0.2) is 9.59 Å². The summed E-state index contributed by atoms with van der Waals surface area (Å²) in [4.78, 5) is 22.0. The fourth-order valence-corrected chi connectivity index (χ4v) is 2.72. The quantitative estimate of drug-likeness (QED) is 0.549. The minimum Gasteiger partial charge on any atom is -0.478 e. The molecule has 0 amide bonds. The number of hydrogen-bond acceptors (Lipinski definition) is 6. The average molecular weight is 387 g/mol. The number of carboxylic acid groups (broad SMARTS) is 2. The second kappa shape index (κ2) is 6.87. The van der Waals surface area contributed by atoms with Crippen LogP contribution in [0.2, 0.25) is 5.02 Å². The largest absolute Gasteiger partial charge is 0.478 e. The van der Waals surface area contributed by atoms with E-state index >= 15 is 0 Å². The number of nitrogens with two attached hydrogens (primary N) is 1. The van der Waals surface area contributed by atoms with Crippen LogP contribution in [-0.4, -0.2) is 30.6 Å². The zero-order valence-electron chi connectivity index (χ0n) is 12.3. The molecule has 9 nitrogen and oxygen atoms in total. The van der Waals surface area contributed by atoms with Crippen LogP contribution in [0, 0.1) is 0 Å². The van der Waals surface area contributed by atoms with Gasteiger partial charge in [0.25, 0.3) is 0 Å². The number of benzene rings is 2. The van der Waals surface area contributed by atoms with Gasteiger partial charge in [-0.05, 0) is 36.4 Å². The molecule has 0 bridgehead atoms. The van der Waals surface area contributed by atoms with Gasteiger partial charge in [0.05, 0.1) is 27.5 Å². The van der Waals surface area contributed by atoms with Crippen molar-refractivity contribution in [1.29, 1.82) is 0 Å². The van der Waals surface area contributed by atoms with Crippen molar-refractivity contribution in [2.75, 3.05) is 10.5 Å². The number of aromatic carboxylic acids is 2. The summed E-state index contributed by atoms with van der Waals surface area (Å²) >= 11 is 5.73. The molecule has 2 aromatic carbocycles. The number of carboxylic acids is 2. The molecule has 25 heavy (non-hydrogen) atoms. The van der Waals surface area contributed by atoms with Crippen LogP contribution < -0.4 is 14.6 Å². The second-order valence-corrected chi connectivity index (χ2v) is 6.42. The zero-order chi connectivity index (χ0) is 18.8. The molecule has 0 aliphatic rings. The molecule has 0 heterocycles. The monoisotopic (exact) mass is 386 g/mol. The van der Waals surface area contributed by atoms with Crippen molar-refractivity contribution in [3.05, 3.63) is 52.5 Å². The van der Waals surface area contributed by atoms with Crippen LogP contribution in [0.4, 0.5) is 11.4 Å². The Balaban J connectivity index is 2.31. The Kier molecular flexibility index (Phi) is 5.04. The van der Waals surface area contributed by atoms with E-state index in [9.17, 15) is 18.0 Å². The Hall–Kier alpha value is -2.98. The standard InChI is InChI=1S/C14H11ClN2O7S/c15-11-2-1-9(6-12(11)16)17-25(22,23)24-10-4-7(13(18)19)3-8(5-10)14(20)21/h1-6,17H,16H2,(H,18,19)(H,20,21). The number of anilines is 2. The van der Waals surface area contributed by atoms with Gasteiger partial charge in [0.1, 0.15) is 5.75 Å². The van der Waals surface area contributed by atoms with Crippen molar-refractivity contribution in [3.63, 3.8) is 0 Å². The summed E-state index contributed by atoms with van der Waals surface area (Å²) in [5.74, 6) is -3.36. The molecule has 0 spiro atoms. The molecule has 11 heteroatoms. The molecule has 0 fully saturated rings. The lowest BCUT2D eigenvalue weighted by atomic mass is 10.1. The van der Waals surface area contributed by atoms with Gasteiger partial charge in [-0.15, -0.1) is 0 Å². The van der Waals surface area contributed by atoms with Crippen molar-refractivity contribution in [2.45, 2.75) is 0 Å². The third-order valence-corrected chi connectivity index (χ3v) is 4.09. The molecule has 0 saturated heterocycles. The van der Waals surface area contributed by atoms with Crippen LogP contribution in [0.5, 0.6) is 5.75 Å². The number of halogens is 1. The predicted octanol–water partition coefficient (Wildman–Crippen LogP) is 2.05. The first-order valence-electron chi connectivity index (χ1n) is 6.46. The van der Waals surface area contributed by atoms with Gasteiger partial charge in [0.2, 0.25) is 0 Å². The maximum atomic E-state index is 12.0. The Morgan fingerprint density at radius 1 is 1.04 bits per heavy atom. The van der Waals surface area contributed by atoms with Gasteiger partial charge in [-0.3, -0.25) is 4.72 Å². The number of hydrogen-bond donors (Lipinski definition) is 4. The summed E-state index contributed by atoms with van der Waals surface area (Å²) in [6.07, 6.45) is 0. The summed E-state index contributed by atoms with van der Waals surface area (Å²) in [6, 6.07) is 6.57. The smallest absolute Gasteiger partial charge is 0.407 e. The van der Waals surface area contributed by atoms with Gasteiger partial charge >= 0.3 is 22.2 Å². The molecule has 0 atom stereocenters. The lowest BCUT2D eigenvalue weighted by molar-refractivity contribution is 0.0696. The molecular formula is C14H11ClN2O7S. The lowest BCUT2D eigenvalue weighted by Crippen LogP contribution is -2.19. The van der Waals surface area contributed by atoms with Crippen molar-refractivity contribution < 1.29 is 32.4 Å². The van der Waals surface area contributed by atoms with Crippen LogP contribution in [0.15, 0.2) is 36.4 Å². The first-order chi connectivity index (χ1) is 11.6. The molecular weight excluding hydrogens is 376 g/mol. The summed E-state index contributed by atoms with van der Waals surface area (Å²) in [5, 5.41) is 18.2. The number of nitrogen functional groups attached to an aromatic ring is 1. The molecule has 0 aromatic heterocycles. The first kappa shape index (κ1) is 18.4. The molecule has 0 saturated carbocycles. The fraction of sp³-hybridized carbons (Fsp3) is 0. The first-order valence-corrected chi connectivity index (χ1v) is 8.25. The highest BCUT2D eigenvalue weighted by Gasteiger charge is 2.18. The highest BCUT2D eigenvalue weighted by molar-refractivity contribution is 7.88. The van der Waals surface area contributed by atoms with Gasteiger partial charge < -0.3 is 20.1 Å². The molecule has 5 N–H and O–H groups in total. The molecule has 2 aromatic rings. The van der Waals surface area contributed by atoms with E-state index in [4.69, 9.17) is 31.7 Å². The second-order valence-electron chi connectivity index (χ2n) is 4.73. The van der Waals surface area contributed by atoms with Gasteiger partial charge in [0, 0.05) is 0 Å². The summed E-state index contributed by atoms with van der Waals surface area (Å²) in [7, 11) is -4.44. The Morgan fingerprint density at radius 2 is 1.60 bits per heavy atom. The zero-order valence-corrected chi connectivity index (χ0v) is 13.8. The summed E-state index contributed by atoms with van der Waals surface area (Å²) < 4.78 is 30.8. The van der Waals surface area contributed by atoms with E-state index in [0.29, 0.717) is 0 Å². The number of carbonyl (C=O) groups is 2. The Bertz CT molecular complexity index is 927. The lowest BCUT2D eigenvalue weighted by Gasteiger charge is -2.11. The van der Waals surface area contributed by atoms with E-state index in [0.717, 1.165) is 18.2 Å². The van der Waals surface area contributed by atoms with Gasteiger partial charge in [0.15, 0.2) is 0 Å². The fourth-order valence-electron chi connectivity index (χ4n) is 1.79.